The maximum atomic E-state index is 5.90. The molecule has 1 heterocycles. The molecule has 0 saturated carbocycles. The standard InChI is InChI=1S/C13H16N2S/c1-8(2)12-7-16-13(15-12)10-5-4-9(3)11(14)6-10/h4-8H,14H2,1-3H3. The summed E-state index contributed by atoms with van der Waals surface area (Å²) in [5, 5.41) is 3.17. The topological polar surface area (TPSA) is 38.9 Å². The molecule has 2 rings (SSSR count). The van der Waals surface area contributed by atoms with Crippen molar-refractivity contribution in [3.8, 4) is 10.6 Å². The zero-order valence-corrected chi connectivity index (χ0v) is 10.6. The van der Waals surface area contributed by atoms with E-state index in [9.17, 15) is 0 Å². The van der Waals surface area contributed by atoms with Crippen LogP contribution in [0.25, 0.3) is 10.6 Å². The molecule has 0 unspecified atom stereocenters. The molecule has 0 amide bonds. The zero-order chi connectivity index (χ0) is 11.7. The van der Waals surface area contributed by atoms with E-state index in [1.54, 1.807) is 11.3 Å². The van der Waals surface area contributed by atoms with Gasteiger partial charge >= 0.3 is 0 Å². The minimum atomic E-state index is 0.479. The molecule has 0 aliphatic heterocycles. The van der Waals surface area contributed by atoms with Gasteiger partial charge in [-0.1, -0.05) is 26.0 Å². The minimum absolute atomic E-state index is 0.479. The predicted octanol–water partition coefficient (Wildman–Crippen LogP) is 3.82. The molecule has 2 aromatic rings. The Morgan fingerprint density at radius 2 is 2.06 bits per heavy atom. The Labute approximate surface area is 100 Å². The lowest BCUT2D eigenvalue weighted by molar-refractivity contribution is 0.834. The van der Waals surface area contributed by atoms with Gasteiger partial charge < -0.3 is 5.73 Å². The van der Waals surface area contributed by atoms with Crippen molar-refractivity contribution in [2.75, 3.05) is 5.73 Å². The van der Waals surface area contributed by atoms with Crippen LogP contribution in [0.4, 0.5) is 5.69 Å². The van der Waals surface area contributed by atoms with Crippen molar-refractivity contribution in [2.24, 2.45) is 0 Å². The fraction of sp³-hybridized carbons (Fsp3) is 0.308. The quantitative estimate of drug-likeness (QED) is 0.799. The van der Waals surface area contributed by atoms with Crippen LogP contribution in [-0.2, 0) is 0 Å². The summed E-state index contributed by atoms with van der Waals surface area (Å²) in [5.41, 5.74) is 10.1. The molecule has 84 valence electrons. The number of aryl methyl sites for hydroxylation is 1. The number of benzene rings is 1. The van der Waals surface area contributed by atoms with Gasteiger partial charge in [-0.25, -0.2) is 4.98 Å². The number of nitrogen functional groups attached to an aromatic ring is 1. The maximum Gasteiger partial charge on any atom is 0.123 e. The first-order chi connectivity index (χ1) is 7.58. The van der Waals surface area contributed by atoms with Crippen molar-refractivity contribution in [3.05, 3.63) is 34.8 Å². The van der Waals surface area contributed by atoms with Gasteiger partial charge in [-0.3, -0.25) is 0 Å². The Bertz CT molecular complexity index is 500. The third kappa shape index (κ3) is 2.09. The fourth-order valence-electron chi connectivity index (χ4n) is 1.46. The highest BCUT2D eigenvalue weighted by Gasteiger charge is 2.08. The molecule has 0 atom stereocenters. The van der Waals surface area contributed by atoms with Crippen LogP contribution in [0.1, 0.15) is 31.0 Å². The molecule has 0 bridgehead atoms. The van der Waals surface area contributed by atoms with E-state index in [4.69, 9.17) is 5.73 Å². The maximum absolute atomic E-state index is 5.90. The first kappa shape index (κ1) is 11.1. The number of thiazole rings is 1. The van der Waals surface area contributed by atoms with Crippen LogP contribution >= 0.6 is 11.3 Å². The lowest BCUT2D eigenvalue weighted by Crippen LogP contribution is -1.90. The Morgan fingerprint density at radius 1 is 1.31 bits per heavy atom. The Kier molecular flexibility index (Phi) is 2.97. The molecule has 16 heavy (non-hydrogen) atoms. The molecule has 0 aliphatic carbocycles. The number of nitrogens with zero attached hydrogens (tertiary/aromatic N) is 1. The second kappa shape index (κ2) is 4.26. The van der Waals surface area contributed by atoms with Crippen LogP contribution in [0, 0.1) is 6.92 Å². The Morgan fingerprint density at radius 3 is 2.62 bits per heavy atom. The molecule has 0 fully saturated rings. The van der Waals surface area contributed by atoms with Crippen molar-refractivity contribution in [3.63, 3.8) is 0 Å². The van der Waals surface area contributed by atoms with Gasteiger partial charge in [0.2, 0.25) is 0 Å². The van der Waals surface area contributed by atoms with Crippen molar-refractivity contribution in [1.82, 2.24) is 4.98 Å². The summed E-state index contributed by atoms with van der Waals surface area (Å²) >= 11 is 1.68. The van der Waals surface area contributed by atoms with Crippen molar-refractivity contribution in [1.29, 1.82) is 0 Å². The van der Waals surface area contributed by atoms with Gasteiger partial charge in [-0.2, -0.15) is 0 Å². The third-order valence-electron chi connectivity index (χ3n) is 2.64. The molecule has 0 radical (unpaired) electrons. The number of aromatic nitrogens is 1. The summed E-state index contributed by atoms with van der Waals surface area (Å²) in [5.74, 6) is 0.479. The molecule has 2 N–H and O–H groups in total. The second-order valence-electron chi connectivity index (χ2n) is 4.30. The van der Waals surface area contributed by atoms with E-state index < -0.39 is 0 Å². The highest BCUT2D eigenvalue weighted by atomic mass is 32.1. The van der Waals surface area contributed by atoms with Gasteiger partial charge in [0.1, 0.15) is 5.01 Å². The van der Waals surface area contributed by atoms with Crippen molar-refractivity contribution < 1.29 is 0 Å². The van der Waals surface area contributed by atoms with Crippen LogP contribution in [0.2, 0.25) is 0 Å². The number of rotatable bonds is 2. The minimum Gasteiger partial charge on any atom is -0.398 e. The molecule has 1 aromatic heterocycles. The Hall–Kier alpha value is -1.35. The van der Waals surface area contributed by atoms with E-state index in [-0.39, 0.29) is 0 Å². The lowest BCUT2D eigenvalue weighted by Gasteiger charge is -2.02. The second-order valence-corrected chi connectivity index (χ2v) is 5.16. The number of hydrogen-bond acceptors (Lipinski definition) is 3. The normalized spacial score (nSPS) is 11.0. The van der Waals surface area contributed by atoms with Crippen molar-refractivity contribution >= 4 is 17.0 Å². The highest BCUT2D eigenvalue weighted by Crippen LogP contribution is 2.28. The summed E-state index contributed by atoms with van der Waals surface area (Å²) in [6.45, 7) is 6.32. The van der Waals surface area contributed by atoms with Crippen LogP contribution in [0.5, 0.6) is 0 Å². The summed E-state index contributed by atoms with van der Waals surface area (Å²) in [7, 11) is 0. The molecule has 2 nitrogen and oxygen atoms in total. The molecule has 3 heteroatoms. The number of anilines is 1. The molecule has 0 saturated heterocycles. The van der Waals surface area contributed by atoms with Crippen LogP contribution in [0.15, 0.2) is 23.6 Å². The monoisotopic (exact) mass is 232 g/mol. The summed E-state index contributed by atoms with van der Waals surface area (Å²) < 4.78 is 0. The van der Waals surface area contributed by atoms with E-state index >= 15 is 0 Å². The molecular formula is C13H16N2S. The first-order valence-electron chi connectivity index (χ1n) is 5.40. The van der Waals surface area contributed by atoms with E-state index in [0.29, 0.717) is 5.92 Å². The van der Waals surface area contributed by atoms with E-state index in [0.717, 1.165) is 27.5 Å². The van der Waals surface area contributed by atoms with E-state index in [1.165, 1.54) is 0 Å². The van der Waals surface area contributed by atoms with Gasteiger partial charge in [0.15, 0.2) is 0 Å². The van der Waals surface area contributed by atoms with Crippen LogP contribution in [-0.4, -0.2) is 4.98 Å². The largest absolute Gasteiger partial charge is 0.398 e. The van der Waals surface area contributed by atoms with Crippen LogP contribution in [0.3, 0.4) is 0 Å². The number of nitrogens with two attached hydrogens (primary N) is 1. The van der Waals surface area contributed by atoms with Crippen molar-refractivity contribution in [2.45, 2.75) is 26.7 Å². The first-order valence-corrected chi connectivity index (χ1v) is 6.28. The van der Waals surface area contributed by atoms with E-state index in [2.05, 4.69) is 30.3 Å². The van der Waals surface area contributed by atoms with E-state index in [1.807, 2.05) is 19.1 Å². The SMILES string of the molecule is Cc1ccc(-c2nc(C(C)C)cs2)cc1N. The highest BCUT2D eigenvalue weighted by molar-refractivity contribution is 7.13. The molecule has 1 aromatic carbocycles. The fourth-order valence-corrected chi connectivity index (χ4v) is 2.44. The zero-order valence-electron chi connectivity index (χ0n) is 9.82. The van der Waals surface area contributed by atoms with Gasteiger partial charge in [0.25, 0.3) is 0 Å². The number of hydrogen-bond donors (Lipinski definition) is 1. The van der Waals surface area contributed by atoms with Gasteiger partial charge in [-0.05, 0) is 24.5 Å². The third-order valence-corrected chi connectivity index (χ3v) is 3.55. The Balaban J connectivity index is 2.39. The summed E-state index contributed by atoms with van der Waals surface area (Å²) in [6, 6.07) is 6.12. The summed E-state index contributed by atoms with van der Waals surface area (Å²) in [4.78, 5) is 4.61. The van der Waals surface area contributed by atoms with Gasteiger partial charge in [0, 0.05) is 16.6 Å². The summed E-state index contributed by atoms with van der Waals surface area (Å²) in [6.07, 6.45) is 0. The van der Waals surface area contributed by atoms with Gasteiger partial charge in [-0.15, -0.1) is 11.3 Å². The predicted molar refractivity (Wildman–Crippen MR) is 70.8 cm³/mol. The molecule has 0 spiro atoms. The molecular weight excluding hydrogens is 216 g/mol. The van der Waals surface area contributed by atoms with Gasteiger partial charge in [0.05, 0.1) is 5.69 Å². The van der Waals surface area contributed by atoms with Crippen LogP contribution < -0.4 is 5.73 Å². The lowest BCUT2D eigenvalue weighted by atomic mass is 10.1. The molecule has 0 aliphatic rings. The average molecular weight is 232 g/mol. The smallest absolute Gasteiger partial charge is 0.123 e. The average Bonchev–Trinajstić information content (AvgIpc) is 2.71.